The number of rotatable bonds is 24. The van der Waals surface area contributed by atoms with Crippen LogP contribution in [0.2, 0.25) is 0 Å². The summed E-state index contributed by atoms with van der Waals surface area (Å²) >= 11 is 0. The monoisotopic (exact) mass is 819 g/mol. The van der Waals surface area contributed by atoms with E-state index in [0.717, 1.165) is 16.5 Å². The van der Waals surface area contributed by atoms with Gasteiger partial charge < -0.3 is 68.8 Å². The number of amides is 7. The third-order valence-electron chi connectivity index (χ3n) is 9.30. The number of hydrogen-bond donors (Lipinski definition) is 13. The van der Waals surface area contributed by atoms with Gasteiger partial charge in [-0.15, -0.1) is 0 Å². The predicted octanol–water partition coefficient (Wildman–Crippen LogP) is -3.64. The fourth-order valence-corrected chi connectivity index (χ4v) is 5.81. The first kappa shape index (κ1) is 48.5. The molecule has 9 atom stereocenters. The van der Waals surface area contributed by atoms with Gasteiger partial charge in [-0.2, -0.15) is 0 Å². The zero-order valence-electron chi connectivity index (χ0n) is 33.1. The molecule has 0 saturated carbocycles. The van der Waals surface area contributed by atoms with E-state index in [1.807, 2.05) is 29.6 Å². The number of benzene rings is 1. The van der Waals surface area contributed by atoms with E-state index in [0.29, 0.717) is 6.42 Å². The molecule has 0 radical (unpaired) electrons. The largest absolute Gasteiger partial charge is 0.480 e. The maximum absolute atomic E-state index is 13.7. The second-order valence-electron chi connectivity index (χ2n) is 14.5. The van der Waals surface area contributed by atoms with Gasteiger partial charge >= 0.3 is 5.97 Å². The molecule has 0 bridgehead atoms. The van der Waals surface area contributed by atoms with Gasteiger partial charge in [0.25, 0.3) is 0 Å². The van der Waals surface area contributed by atoms with Gasteiger partial charge in [0.2, 0.25) is 41.4 Å². The molecule has 1 aromatic heterocycles. The summed E-state index contributed by atoms with van der Waals surface area (Å²) in [5, 5.41) is 54.4. The summed E-state index contributed by atoms with van der Waals surface area (Å²) in [5.41, 5.74) is 12.8. The summed E-state index contributed by atoms with van der Waals surface area (Å²) in [4.78, 5) is 105. The molecule has 7 amide bonds. The van der Waals surface area contributed by atoms with Crippen LogP contribution in [0.15, 0.2) is 30.5 Å². The number of fused-ring (bicyclic) bond motifs is 1. The van der Waals surface area contributed by atoms with E-state index in [2.05, 4.69) is 31.6 Å². The van der Waals surface area contributed by atoms with E-state index in [9.17, 15) is 58.8 Å². The number of aliphatic carboxylic acids is 1. The molecule has 58 heavy (non-hydrogen) atoms. The van der Waals surface area contributed by atoms with Gasteiger partial charge in [0.15, 0.2) is 0 Å². The zero-order chi connectivity index (χ0) is 43.9. The van der Waals surface area contributed by atoms with Crippen LogP contribution in [0.1, 0.15) is 59.4 Å². The number of carboxylic acid groups (broad SMARTS) is 1. The molecule has 21 heteroatoms. The Morgan fingerprint density at radius 2 is 1.21 bits per heavy atom. The van der Waals surface area contributed by atoms with Crippen LogP contribution in [-0.4, -0.2) is 134 Å². The molecule has 1 heterocycles. The number of nitrogens with one attached hydrogen (secondary N) is 7. The summed E-state index contributed by atoms with van der Waals surface area (Å²) < 4.78 is 0. The quantitative estimate of drug-likeness (QED) is 0.0487. The van der Waals surface area contributed by atoms with Crippen molar-refractivity contribution >= 4 is 58.2 Å². The highest BCUT2D eigenvalue weighted by Crippen LogP contribution is 2.19. The van der Waals surface area contributed by atoms with Crippen molar-refractivity contribution in [1.82, 2.24) is 36.9 Å². The predicted molar refractivity (Wildman–Crippen MR) is 208 cm³/mol. The Morgan fingerprint density at radius 3 is 1.71 bits per heavy atom. The fourth-order valence-electron chi connectivity index (χ4n) is 5.81. The van der Waals surface area contributed by atoms with Crippen molar-refractivity contribution in [2.75, 3.05) is 13.2 Å². The molecular weight excluding hydrogens is 762 g/mol. The van der Waals surface area contributed by atoms with Crippen LogP contribution in [0.4, 0.5) is 0 Å². The van der Waals surface area contributed by atoms with Crippen LogP contribution < -0.4 is 43.4 Å². The van der Waals surface area contributed by atoms with Gasteiger partial charge in [-0.25, -0.2) is 4.79 Å². The van der Waals surface area contributed by atoms with Gasteiger partial charge in [-0.3, -0.25) is 33.6 Å². The zero-order valence-corrected chi connectivity index (χ0v) is 33.1. The molecule has 0 saturated heterocycles. The molecule has 15 N–H and O–H groups in total. The standard InChI is InChI=1S/C37H57N9O12/c1-6-18(4)29(35(55)43-27(16-48)34(54)42-25(37(57)58)13-28(39)50)45-32(52)24(11-17(2)3)41-33(53)26(15-47)44-36(56)30(19(5)49)46-31(51)22(38)12-20-14-40-23-10-8-7-9-21(20)23/h7-10,14,17-19,22,24-27,29-30,40,47-49H,6,11-13,15-16,38H2,1-5H3,(H2,39,50)(H,41,53)(H,42,54)(H,43,55)(H,44,56)(H,45,52)(H,46,51)(H,57,58)/t18-,19+,22-,24-,25-,26-,27-,29-,30-/m0/s1. The first-order valence-corrected chi connectivity index (χ1v) is 18.8. The second kappa shape index (κ2) is 22.9. The molecule has 322 valence electrons. The molecule has 2 aromatic rings. The highest BCUT2D eigenvalue weighted by molar-refractivity contribution is 5.97. The van der Waals surface area contributed by atoms with E-state index >= 15 is 0 Å². The summed E-state index contributed by atoms with van der Waals surface area (Å²) in [6.07, 6.45) is -0.104. The highest BCUT2D eigenvalue weighted by Gasteiger charge is 2.36. The number of aromatic nitrogens is 1. The Kier molecular flexibility index (Phi) is 19.2. The molecule has 2 rings (SSSR count). The SMILES string of the molecule is CC[C@H](C)[C@H](NC(=O)[C@H](CC(C)C)NC(=O)[C@H](CO)NC(=O)[C@@H](NC(=O)[C@@H](N)Cc1c[nH]c2ccccc12)[C@@H](C)O)C(=O)N[C@@H](CO)C(=O)N[C@@H](CC(N)=O)C(=O)O. The van der Waals surface area contributed by atoms with Crippen molar-refractivity contribution in [2.24, 2.45) is 23.3 Å². The van der Waals surface area contributed by atoms with Gasteiger partial charge in [0, 0.05) is 17.1 Å². The van der Waals surface area contributed by atoms with E-state index in [4.69, 9.17) is 11.5 Å². The number of aromatic amines is 1. The Balaban J connectivity index is 2.17. The van der Waals surface area contributed by atoms with Crippen LogP contribution in [-0.2, 0) is 44.8 Å². The molecule has 21 nitrogen and oxygen atoms in total. The highest BCUT2D eigenvalue weighted by atomic mass is 16.4. The number of carbonyl (C=O) groups is 8. The van der Waals surface area contributed by atoms with E-state index in [1.165, 1.54) is 6.92 Å². The second-order valence-corrected chi connectivity index (χ2v) is 14.5. The van der Waals surface area contributed by atoms with E-state index in [1.54, 1.807) is 33.9 Å². The molecule has 0 fully saturated rings. The van der Waals surface area contributed by atoms with E-state index < -0.39 is 121 Å². The third-order valence-corrected chi connectivity index (χ3v) is 9.30. The number of hydrogen-bond acceptors (Lipinski definition) is 12. The van der Waals surface area contributed by atoms with Crippen LogP contribution in [0.5, 0.6) is 0 Å². The topological polar surface area (TPSA) is 357 Å². The van der Waals surface area contributed by atoms with Crippen LogP contribution in [0.25, 0.3) is 10.9 Å². The Morgan fingerprint density at radius 1 is 0.707 bits per heavy atom. The van der Waals surface area contributed by atoms with Crippen molar-refractivity contribution < 1.29 is 58.8 Å². The first-order valence-electron chi connectivity index (χ1n) is 18.8. The van der Waals surface area contributed by atoms with Crippen molar-refractivity contribution in [1.29, 1.82) is 0 Å². The minimum Gasteiger partial charge on any atom is -0.480 e. The summed E-state index contributed by atoms with van der Waals surface area (Å²) in [5.74, 6) is -9.21. The van der Waals surface area contributed by atoms with Crippen LogP contribution in [0.3, 0.4) is 0 Å². The smallest absolute Gasteiger partial charge is 0.326 e. The summed E-state index contributed by atoms with van der Waals surface area (Å²) in [6.45, 7) is 6.06. The number of aliphatic hydroxyl groups is 3. The molecule has 0 aliphatic carbocycles. The van der Waals surface area contributed by atoms with Gasteiger partial charge in [0.1, 0.15) is 36.3 Å². The van der Waals surface area contributed by atoms with Crippen molar-refractivity contribution in [3.8, 4) is 0 Å². The molecular formula is C37H57N9O12. The molecule has 0 aliphatic heterocycles. The Labute approximate surface area is 334 Å². The van der Waals surface area contributed by atoms with Gasteiger partial charge in [0.05, 0.1) is 31.8 Å². The normalized spacial score (nSPS) is 16.0. The number of carbonyl (C=O) groups excluding carboxylic acids is 7. The third kappa shape index (κ3) is 14.4. The number of nitrogens with two attached hydrogens (primary N) is 2. The lowest BCUT2D eigenvalue weighted by molar-refractivity contribution is -0.144. The molecule has 1 aromatic carbocycles. The lowest BCUT2D eigenvalue weighted by Gasteiger charge is -2.29. The lowest BCUT2D eigenvalue weighted by atomic mass is 9.96. The maximum Gasteiger partial charge on any atom is 0.326 e. The first-order chi connectivity index (χ1) is 27.2. The summed E-state index contributed by atoms with van der Waals surface area (Å²) in [7, 11) is 0. The summed E-state index contributed by atoms with van der Waals surface area (Å²) in [6, 6.07) is -3.17. The number of H-pyrrole nitrogens is 1. The number of primary amides is 1. The fraction of sp³-hybridized carbons (Fsp3) is 0.568. The van der Waals surface area contributed by atoms with Gasteiger partial charge in [-0.1, -0.05) is 52.3 Å². The minimum atomic E-state index is -1.74. The van der Waals surface area contributed by atoms with Crippen LogP contribution >= 0.6 is 0 Å². The average Bonchev–Trinajstić information content (AvgIpc) is 3.57. The molecule has 0 unspecified atom stereocenters. The number of para-hydroxylation sites is 1. The average molecular weight is 820 g/mol. The van der Waals surface area contributed by atoms with Crippen molar-refractivity contribution in [2.45, 2.75) is 109 Å². The number of aliphatic hydroxyl groups excluding tert-OH is 3. The Bertz CT molecular complexity index is 1770. The van der Waals surface area contributed by atoms with Crippen molar-refractivity contribution in [3.05, 3.63) is 36.0 Å². The minimum absolute atomic E-state index is 0.0112. The van der Waals surface area contributed by atoms with Gasteiger partial charge in [-0.05, 0) is 43.2 Å². The molecule has 0 spiro atoms. The van der Waals surface area contributed by atoms with Crippen molar-refractivity contribution in [3.63, 3.8) is 0 Å². The lowest BCUT2D eigenvalue weighted by Crippen LogP contribution is -2.62. The van der Waals surface area contributed by atoms with E-state index in [-0.39, 0.29) is 18.8 Å². The molecule has 0 aliphatic rings. The number of carboxylic acids is 1. The van der Waals surface area contributed by atoms with Crippen LogP contribution in [0, 0.1) is 11.8 Å². The Hall–Kier alpha value is -5.64. The maximum atomic E-state index is 13.7.